The Labute approximate surface area is 146 Å². The van der Waals surface area contributed by atoms with E-state index in [0.717, 1.165) is 52.2 Å². The molecule has 1 heterocycles. The number of hydrogen-bond acceptors (Lipinski definition) is 4. The summed E-state index contributed by atoms with van der Waals surface area (Å²) in [6.45, 7) is 11.0. The van der Waals surface area contributed by atoms with Crippen molar-refractivity contribution in [3.05, 3.63) is 35.9 Å². The maximum absolute atomic E-state index is 11.8. The second-order valence-corrected chi connectivity index (χ2v) is 6.90. The fraction of sp³-hybridized carbons (Fsp3) is 0.632. The van der Waals surface area contributed by atoms with E-state index in [0.29, 0.717) is 0 Å². The van der Waals surface area contributed by atoms with E-state index in [1.54, 1.807) is 0 Å². The molecular weight excluding hydrogens is 300 g/mol. The Hall–Kier alpha value is -1.43. The predicted molar refractivity (Wildman–Crippen MR) is 98.6 cm³/mol. The second-order valence-electron chi connectivity index (χ2n) is 6.90. The zero-order valence-corrected chi connectivity index (χ0v) is 15.1. The summed E-state index contributed by atoms with van der Waals surface area (Å²) in [5, 5.41) is 2.99. The number of rotatable bonds is 8. The molecule has 5 nitrogen and oxygen atoms in total. The van der Waals surface area contributed by atoms with Crippen LogP contribution < -0.4 is 11.1 Å². The second kappa shape index (κ2) is 9.77. The van der Waals surface area contributed by atoms with Gasteiger partial charge in [-0.15, -0.1) is 0 Å². The van der Waals surface area contributed by atoms with E-state index in [-0.39, 0.29) is 17.9 Å². The van der Waals surface area contributed by atoms with Crippen molar-refractivity contribution in [1.82, 2.24) is 15.1 Å². The fourth-order valence-corrected chi connectivity index (χ4v) is 2.93. The number of nitrogens with zero attached hydrogens (tertiary/aromatic N) is 2. The predicted octanol–water partition coefficient (Wildman–Crippen LogP) is 1.29. The number of carbonyl (C=O) groups excluding carboxylic acids is 1. The molecule has 24 heavy (non-hydrogen) atoms. The van der Waals surface area contributed by atoms with Gasteiger partial charge in [-0.3, -0.25) is 9.69 Å². The first kappa shape index (κ1) is 18.9. The molecule has 0 saturated carbocycles. The quantitative estimate of drug-likeness (QED) is 0.704. The van der Waals surface area contributed by atoms with Crippen LogP contribution in [-0.4, -0.2) is 61.0 Å². The van der Waals surface area contributed by atoms with Gasteiger partial charge in [-0.05, 0) is 25.5 Å². The van der Waals surface area contributed by atoms with Crippen molar-refractivity contribution in [1.29, 1.82) is 0 Å². The molecule has 2 unspecified atom stereocenters. The van der Waals surface area contributed by atoms with Crippen molar-refractivity contribution >= 4 is 5.91 Å². The Balaban J connectivity index is 1.57. The molecule has 134 valence electrons. The third-order valence-corrected chi connectivity index (χ3v) is 4.87. The summed E-state index contributed by atoms with van der Waals surface area (Å²) in [6.07, 6.45) is 0.996. The van der Waals surface area contributed by atoms with Gasteiger partial charge in [0.25, 0.3) is 0 Å². The minimum absolute atomic E-state index is 0.0673. The van der Waals surface area contributed by atoms with Gasteiger partial charge in [-0.25, -0.2) is 0 Å². The van der Waals surface area contributed by atoms with E-state index in [1.807, 2.05) is 13.8 Å². The molecule has 1 aliphatic rings. The average Bonchev–Trinajstić information content (AvgIpc) is 2.60. The molecule has 0 aromatic heterocycles. The Kier molecular flexibility index (Phi) is 7.69. The third kappa shape index (κ3) is 6.23. The van der Waals surface area contributed by atoms with Crippen LogP contribution >= 0.6 is 0 Å². The molecule has 0 aliphatic carbocycles. The van der Waals surface area contributed by atoms with E-state index in [2.05, 4.69) is 45.4 Å². The molecule has 2 rings (SSSR count). The van der Waals surface area contributed by atoms with Gasteiger partial charge in [0, 0.05) is 51.2 Å². The standard InChI is InChI=1S/C19H32N4O/c1-16(17(2)20)19(24)21-9-6-10-22-11-13-23(14-12-22)15-18-7-4-3-5-8-18/h3-5,7-8,16-17H,6,9-15,20H2,1-2H3,(H,21,24). The molecule has 1 amide bonds. The lowest BCUT2D eigenvalue weighted by atomic mass is 10.0. The monoisotopic (exact) mass is 332 g/mol. The molecular formula is C19H32N4O. The SMILES string of the molecule is CC(N)C(C)C(=O)NCCCN1CCN(Cc2ccccc2)CC1. The summed E-state index contributed by atoms with van der Waals surface area (Å²) in [7, 11) is 0. The Morgan fingerprint density at radius 3 is 2.38 bits per heavy atom. The van der Waals surface area contributed by atoms with Gasteiger partial charge in [0.2, 0.25) is 5.91 Å². The highest BCUT2D eigenvalue weighted by molar-refractivity contribution is 5.78. The smallest absolute Gasteiger partial charge is 0.224 e. The van der Waals surface area contributed by atoms with Crippen LogP contribution in [0.1, 0.15) is 25.8 Å². The number of benzene rings is 1. The van der Waals surface area contributed by atoms with E-state index < -0.39 is 0 Å². The topological polar surface area (TPSA) is 61.6 Å². The van der Waals surface area contributed by atoms with Crippen LogP contribution in [0.15, 0.2) is 30.3 Å². The Morgan fingerprint density at radius 1 is 1.12 bits per heavy atom. The number of hydrogen-bond donors (Lipinski definition) is 2. The number of nitrogens with one attached hydrogen (secondary N) is 1. The number of carbonyl (C=O) groups is 1. The summed E-state index contributed by atoms with van der Waals surface area (Å²) < 4.78 is 0. The molecule has 0 spiro atoms. The van der Waals surface area contributed by atoms with Crippen molar-refractivity contribution < 1.29 is 4.79 Å². The van der Waals surface area contributed by atoms with Crippen LogP contribution in [0.2, 0.25) is 0 Å². The molecule has 0 radical (unpaired) electrons. The number of piperazine rings is 1. The molecule has 1 aliphatic heterocycles. The molecule has 1 aromatic rings. The number of amides is 1. The van der Waals surface area contributed by atoms with Gasteiger partial charge in [0.15, 0.2) is 0 Å². The first-order valence-corrected chi connectivity index (χ1v) is 9.08. The van der Waals surface area contributed by atoms with Gasteiger partial charge in [0.1, 0.15) is 0 Å². The highest BCUT2D eigenvalue weighted by Crippen LogP contribution is 2.08. The Bertz CT molecular complexity index is 483. The lowest BCUT2D eigenvalue weighted by Crippen LogP contribution is -2.46. The fourth-order valence-electron chi connectivity index (χ4n) is 2.93. The molecule has 1 saturated heterocycles. The number of nitrogens with two attached hydrogens (primary N) is 1. The lowest BCUT2D eigenvalue weighted by molar-refractivity contribution is -0.124. The van der Waals surface area contributed by atoms with Crippen LogP contribution in [0.3, 0.4) is 0 Å². The van der Waals surface area contributed by atoms with Gasteiger partial charge in [0.05, 0.1) is 0 Å². The zero-order chi connectivity index (χ0) is 17.4. The lowest BCUT2D eigenvalue weighted by Gasteiger charge is -2.34. The van der Waals surface area contributed by atoms with Crippen molar-refractivity contribution in [3.63, 3.8) is 0 Å². The summed E-state index contributed by atoms with van der Waals surface area (Å²) in [5.41, 5.74) is 7.14. The summed E-state index contributed by atoms with van der Waals surface area (Å²) in [5.74, 6) is -0.0517. The van der Waals surface area contributed by atoms with E-state index in [1.165, 1.54) is 5.56 Å². The molecule has 1 aromatic carbocycles. The van der Waals surface area contributed by atoms with Gasteiger partial charge < -0.3 is 16.0 Å². The maximum atomic E-state index is 11.8. The Morgan fingerprint density at radius 2 is 1.75 bits per heavy atom. The van der Waals surface area contributed by atoms with Crippen molar-refractivity contribution in [2.45, 2.75) is 32.9 Å². The first-order chi connectivity index (χ1) is 11.6. The normalized spacial score (nSPS) is 19.0. The highest BCUT2D eigenvalue weighted by atomic mass is 16.1. The molecule has 2 atom stereocenters. The van der Waals surface area contributed by atoms with E-state index >= 15 is 0 Å². The summed E-state index contributed by atoms with van der Waals surface area (Å²) >= 11 is 0. The average molecular weight is 332 g/mol. The molecule has 1 fully saturated rings. The van der Waals surface area contributed by atoms with Crippen molar-refractivity contribution in [2.24, 2.45) is 11.7 Å². The maximum Gasteiger partial charge on any atom is 0.224 e. The molecule has 3 N–H and O–H groups in total. The van der Waals surface area contributed by atoms with Crippen LogP contribution in [-0.2, 0) is 11.3 Å². The summed E-state index contributed by atoms with van der Waals surface area (Å²) in [4.78, 5) is 16.8. The van der Waals surface area contributed by atoms with E-state index in [4.69, 9.17) is 5.73 Å². The minimum Gasteiger partial charge on any atom is -0.356 e. The van der Waals surface area contributed by atoms with Gasteiger partial charge in [-0.1, -0.05) is 37.3 Å². The zero-order valence-electron chi connectivity index (χ0n) is 15.1. The first-order valence-electron chi connectivity index (χ1n) is 9.08. The third-order valence-electron chi connectivity index (χ3n) is 4.87. The van der Waals surface area contributed by atoms with Crippen LogP contribution in [0.25, 0.3) is 0 Å². The molecule has 0 bridgehead atoms. The van der Waals surface area contributed by atoms with Crippen LogP contribution in [0, 0.1) is 5.92 Å². The van der Waals surface area contributed by atoms with Crippen molar-refractivity contribution in [2.75, 3.05) is 39.3 Å². The minimum atomic E-state index is -0.119. The van der Waals surface area contributed by atoms with E-state index in [9.17, 15) is 4.79 Å². The van der Waals surface area contributed by atoms with Gasteiger partial charge in [-0.2, -0.15) is 0 Å². The summed E-state index contributed by atoms with van der Waals surface area (Å²) in [6, 6.07) is 10.6. The van der Waals surface area contributed by atoms with Gasteiger partial charge >= 0.3 is 0 Å². The van der Waals surface area contributed by atoms with Crippen LogP contribution in [0.4, 0.5) is 0 Å². The largest absolute Gasteiger partial charge is 0.356 e. The van der Waals surface area contributed by atoms with Crippen LogP contribution in [0.5, 0.6) is 0 Å². The van der Waals surface area contributed by atoms with Crippen molar-refractivity contribution in [3.8, 4) is 0 Å². The highest BCUT2D eigenvalue weighted by Gasteiger charge is 2.18. The molecule has 5 heteroatoms.